The molecule has 1 aliphatic rings. The number of halogens is 1. The van der Waals surface area contributed by atoms with E-state index >= 15 is 0 Å². The van der Waals surface area contributed by atoms with Crippen LogP contribution in [-0.2, 0) is 26.0 Å². The first-order valence-electron chi connectivity index (χ1n) is 12.7. The number of nitrogens with zero attached hydrogens (tertiary/aromatic N) is 1. The van der Waals surface area contributed by atoms with Crippen molar-refractivity contribution in [3.63, 3.8) is 0 Å². The molecule has 0 radical (unpaired) electrons. The highest BCUT2D eigenvalue weighted by Crippen LogP contribution is 2.23. The van der Waals surface area contributed by atoms with Gasteiger partial charge in [-0.05, 0) is 74.9 Å². The van der Waals surface area contributed by atoms with Gasteiger partial charge in [0.2, 0.25) is 10.0 Å². The molecule has 0 aromatic heterocycles. The standard InChI is InChI=1S/C28H37ClN2O4S/c1-35-28(32)15-9-3-8-14-26-21-25(30-36(33,34)27-18-16-24(29)17-19-27)22-31(26)20-10-4-7-13-23-11-5-2-6-12-23/h2,5-6,8,11-12,14,16-19,25-26,30H,3-4,7,9-10,13,15,20-22H2,1H3/t25-,26-/m1/s1. The summed E-state index contributed by atoms with van der Waals surface area (Å²) in [4.78, 5) is 13.9. The minimum atomic E-state index is -3.62. The highest BCUT2D eigenvalue weighted by atomic mass is 35.5. The second-order valence-electron chi connectivity index (χ2n) is 9.26. The lowest BCUT2D eigenvalue weighted by Gasteiger charge is -2.21. The van der Waals surface area contributed by atoms with E-state index < -0.39 is 10.0 Å². The number of ether oxygens (including phenoxy) is 1. The lowest BCUT2D eigenvalue weighted by molar-refractivity contribution is -0.140. The number of benzene rings is 2. The van der Waals surface area contributed by atoms with Crippen molar-refractivity contribution in [2.45, 2.75) is 68.3 Å². The summed E-state index contributed by atoms with van der Waals surface area (Å²) in [5, 5.41) is 0.505. The number of likely N-dealkylation sites (tertiary alicyclic amines) is 1. The summed E-state index contributed by atoms with van der Waals surface area (Å²) in [7, 11) is -2.22. The van der Waals surface area contributed by atoms with Gasteiger partial charge in [0.15, 0.2) is 0 Å². The number of allylic oxidation sites excluding steroid dienone is 1. The molecule has 1 heterocycles. The van der Waals surface area contributed by atoms with Gasteiger partial charge in [0.1, 0.15) is 0 Å². The Morgan fingerprint density at radius 2 is 1.83 bits per heavy atom. The van der Waals surface area contributed by atoms with Gasteiger partial charge in [0.25, 0.3) is 0 Å². The van der Waals surface area contributed by atoms with E-state index in [2.05, 4.69) is 46.0 Å². The zero-order valence-electron chi connectivity index (χ0n) is 20.9. The van der Waals surface area contributed by atoms with Gasteiger partial charge in [-0.1, -0.05) is 60.5 Å². The van der Waals surface area contributed by atoms with Gasteiger partial charge in [0, 0.05) is 30.1 Å². The van der Waals surface area contributed by atoms with Crippen LogP contribution in [0, 0.1) is 0 Å². The van der Waals surface area contributed by atoms with Crippen LogP contribution in [0.1, 0.15) is 50.5 Å². The second kappa shape index (κ2) is 14.5. The molecular formula is C28H37ClN2O4S. The van der Waals surface area contributed by atoms with Crippen LogP contribution in [0.15, 0.2) is 71.6 Å². The van der Waals surface area contributed by atoms with Gasteiger partial charge in [-0.2, -0.15) is 0 Å². The summed E-state index contributed by atoms with van der Waals surface area (Å²) in [6.45, 7) is 1.59. The molecule has 6 nitrogen and oxygen atoms in total. The van der Waals surface area contributed by atoms with Crippen molar-refractivity contribution in [1.82, 2.24) is 9.62 Å². The van der Waals surface area contributed by atoms with Gasteiger partial charge >= 0.3 is 5.97 Å². The van der Waals surface area contributed by atoms with Crippen molar-refractivity contribution >= 4 is 27.6 Å². The fourth-order valence-corrected chi connectivity index (χ4v) is 5.93. The van der Waals surface area contributed by atoms with Gasteiger partial charge in [0.05, 0.1) is 12.0 Å². The maximum Gasteiger partial charge on any atom is 0.305 e. The maximum atomic E-state index is 12.9. The van der Waals surface area contributed by atoms with Crippen LogP contribution in [0.2, 0.25) is 5.02 Å². The van der Waals surface area contributed by atoms with E-state index in [0.29, 0.717) is 24.4 Å². The van der Waals surface area contributed by atoms with Crippen molar-refractivity contribution in [1.29, 1.82) is 0 Å². The predicted octanol–water partition coefficient (Wildman–Crippen LogP) is 5.37. The Balaban J connectivity index is 1.54. The van der Waals surface area contributed by atoms with Crippen LogP contribution in [-0.4, -0.2) is 51.6 Å². The van der Waals surface area contributed by atoms with Crippen LogP contribution in [0.25, 0.3) is 0 Å². The molecule has 0 bridgehead atoms. The number of aryl methyl sites for hydroxylation is 1. The van der Waals surface area contributed by atoms with Crippen molar-refractivity contribution in [2.75, 3.05) is 20.2 Å². The van der Waals surface area contributed by atoms with Gasteiger partial charge in [-0.15, -0.1) is 0 Å². The van der Waals surface area contributed by atoms with E-state index in [1.807, 2.05) is 6.07 Å². The summed E-state index contributed by atoms with van der Waals surface area (Å²) < 4.78 is 33.4. The zero-order valence-corrected chi connectivity index (χ0v) is 22.5. The third-order valence-corrected chi connectivity index (χ3v) is 8.28. The average molecular weight is 533 g/mol. The minimum absolute atomic E-state index is 0.162. The number of unbranched alkanes of at least 4 members (excludes halogenated alkanes) is 3. The average Bonchev–Trinajstić information content (AvgIpc) is 3.24. The Morgan fingerprint density at radius 1 is 1.08 bits per heavy atom. The van der Waals surface area contributed by atoms with Crippen LogP contribution >= 0.6 is 11.6 Å². The summed E-state index contributed by atoms with van der Waals surface area (Å²) >= 11 is 5.92. The molecule has 1 N–H and O–H groups in total. The van der Waals surface area contributed by atoms with Crippen molar-refractivity contribution in [3.8, 4) is 0 Å². The number of hydrogen-bond donors (Lipinski definition) is 1. The number of nitrogens with one attached hydrogen (secondary N) is 1. The first kappa shape index (κ1) is 28.4. The fourth-order valence-electron chi connectivity index (χ4n) is 4.56. The number of carbonyl (C=O) groups excluding carboxylic acids is 1. The van der Waals surface area contributed by atoms with Gasteiger partial charge < -0.3 is 4.74 Å². The molecule has 2 aromatic rings. The Bertz CT molecular complexity index is 1070. The number of hydrogen-bond acceptors (Lipinski definition) is 5. The topological polar surface area (TPSA) is 75.7 Å². The number of esters is 1. The quantitative estimate of drug-likeness (QED) is 0.201. The van der Waals surface area contributed by atoms with E-state index in [1.54, 1.807) is 12.1 Å². The molecule has 0 aliphatic carbocycles. The van der Waals surface area contributed by atoms with Crippen molar-refractivity contribution < 1.29 is 17.9 Å². The smallest absolute Gasteiger partial charge is 0.305 e. The molecule has 196 valence electrons. The molecule has 1 saturated heterocycles. The maximum absolute atomic E-state index is 12.9. The lowest BCUT2D eigenvalue weighted by Crippen LogP contribution is -2.37. The van der Waals surface area contributed by atoms with E-state index in [9.17, 15) is 13.2 Å². The predicted molar refractivity (Wildman–Crippen MR) is 145 cm³/mol. The molecule has 0 spiro atoms. The molecule has 8 heteroatoms. The SMILES string of the molecule is COC(=O)CCCC=C[C@@H]1C[C@@H](NS(=O)(=O)c2ccc(Cl)cc2)CN1CCCCCc1ccccc1. The first-order valence-corrected chi connectivity index (χ1v) is 14.5. The van der Waals surface area contributed by atoms with Crippen LogP contribution in [0.4, 0.5) is 0 Å². The Kier molecular flexibility index (Phi) is 11.5. The molecule has 0 unspecified atom stereocenters. The second-order valence-corrected chi connectivity index (χ2v) is 11.4. The highest BCUT2D eigenvalue weighted by molar-refractivity contribution is 7.89. The summed E-state index contributed by atoms with van der Waals surface area (Å²) in [6, 6.07) is 16.8. The molecule has 2 atom stereocenters. The van der Waals surface area contributed by atoms with Gasteiger partial charge in [-0.3, -0.25) is 9.69 Å². The number of rotatable bonds is 14. The normalized spacial score (nSPS) is 18.6. The highest BCUT2D eigenvalue weighted by Gasteiger charge is 2.32. The first-order chi connectivity index (χ1) is 17.4. The Hall–Kier alpha value is -2.19. The van der Waals surface area contributed by atoms with Gasteiger partial charge in [-0.25, -0.2) is 13.1 Å². The number of carbonyl (C=O) groups is 1. The third kappa shape index (κ3) is 9.36. The molecule has 1 aliphatic heterocycles. The lowest BCUT2D eigenvalue weighted by atomic mass is 10.1. The fraction of sp³-hybridized carbons (Fsp3) is 0.464. The number of sulfonamides is 1. The molecular weight excluding hydrogens is 496 g/mol. The molecule has 0 amide bonds. The van der Waals surface area contributed by atoms with E-state index in [4.69, 9.17) is 16.3 Å². The van der Waals surface area contributed by atoms with Crippen LogP contribution in [0.5, 0.6) is 0 Å². The molecule has 1 fully saturated rings. The summed E-state index contributed by atoms with van der Waals surface area (Å²) in [5.41, 5.74) is 1.36. The zero-order chi connectivity index (χ0) is 25.8. The van der Waals surface area contributed by atoms with Crippen LogP contribution in [0.3, 0.4) is 0 Å². The van der Waals surface area contributed by atoms with Crippen LogP contribution < -0.4 is 4.72 Å². The number of methoxy groups -OCH3 is 1. The third-order valence-electron chi connectivity index (χ3n) is 6.49. The molecule has 3 rings (SSSR count). The Morgan fingerprint density at radius 3 is 2.56 bits per heavy atom. The Labute approximate surface area is 220 Å². The monoisotopic (exact) mass is 532 g/mol. The molecule has 0 saturated carbocycles. The summed E-state index contributed by atoms with van der Waals surface area (Å²) in [5.74, 6) is -0.196. The minimum Gasteiger partial charge on any atom is -0.469 e. The summed E-state index contributed by atoms with van der Waals surface area (Å²) in [6.07, 6.45) is 11.3. The molecule has 36 heavy (non-hydrogen) atoms. The van der Waals surface area contributed by atoms with E-state index in [1.165, 1.54) is 24.8 Å². The largest absolute Gasteiger partial charge is 0.469 e. The van der Waals surface area contributed by atoms with Crippen molar-refractivity contribution in [2.24, 2.45) is 0 Å². The van der Waals surface area contributed by atoms with E-state index in [0.717, 1.165) is 45.1 Å². The van der Waals surface area contributed by atoms with Crippen molar-refractivity contribution in [3.05, 3.63) is 77.3 Å². The molecule has 2 aromatic carbocycles. The van der Waals surface area contributed by atoms with E-state index in [-0.39, 0.29) is 22.9 Å².